The van der Waals surface area contributed by atoms with Crippen molar-refractivity contribution in [3.05, 3.63) is 24.0 Å². The number of hydrogen-bond acceptors (Lipinski definition) is 5. The van der Waals surface area contributed by atoms with Crippen LogP contribution in [0, 0.1) is 0 Å². The summed E-state index contributed by atoms with van der Waals surface area (Å²) < 4.78 is 15.6. The highest BCUT2D eigenvalue weighted by atomic mass is 16.5. The van der Waals surface area contributed by atoms with Crippen molar-refractivity contribution in [2.24, 2.45) is 5.73 Å². The van der Waals surface area contributed by atoms with E-state index in [2.05, 4.69) is 4.98 Å². The van der Waals surface area contributed by atoms with Gasteiger partial charge in [0.15, 0.2) is 0 Å². The lowest BCUT2D eigenvalue weighted by molar-refractivity contribution is 0.0542. The maximum atomic E-state index is 5.55. The van der Waals surface area contributed by atoms with Crippen molar-refractivity contribution in [2.45, 2.75) is 6.54 Å². The van der Waals surface area contributed by atoms with Gasteiger partial charge in [-0.25, -0.2) is 0 Å². The molecule has 0 bridgehead atoms. The van der Waals surface area contributed by atoms with Crippen LogP contribution in [-0.2, 0) is 16.0 Å². The molecule has 0 spiro atoms. The highest BCUT2D eigenvalue weighted by Crippen LogP contribution is 2.15. The molecule has 0 atom stereocenters. The first-order valence-corrected chi connectivity index (χ1v) is 5.21. The van der Waals surface area contributed by atoms with Crippen LogP contribution in [0.5, 0.6) is 5.75 Å². The van der Waals surface area contributed by atoms with E-state index in [1.165, 1.54) is 0 Å². The maximum Gasteiger partial charge on any atom is 0.126 e. The summed E-state index contributed by atoms with van der Waals surface area (Å²) in [6, 6.07) is 1.80. The van der Waals surface area contributed by atoms with E-state index in [-0.39, 0.29) is 0 Å². The molecule has 0 fully saturated rings. The van der Waals surface area contributed by atoms with Gasteiger partial charge in [0, 0.05) is 31.6 Å². The number of ether oxygens (including phenoxy) is 3. The Morgan fingerprint density at radius 3 is 2.81 bits per heavy atom. The summed E-state index contributed by atoms with van der Waals surface area (Å²) in [5.41, 5.74) is 6.46. The van der Waals surface area contributed by atoms with E-state index in [9.17, 15) is 0 Å². The standard InChI is InChI=1S/C11H18N2O3/c1-14-4-5-15-6-7-16-11-2-3-13-9-10(11)8-12/h2-3,9H,4-8,12H2,1H3. The lowest BCUT2D eigenvalue weighted by Gasteiger charge is -2.09. The second-order valence-electron chi connectivity index (χ2n) is 3.14. The topological polar surface area (TPSA) is 66.6 Å². The number of nitrogens with two attached hydrogens (primary N) is 1. The van der Waals surface area contributed by atoms with E-state index >= 15 is 0 Å². The van der Waals surface area contributed by atoms with Crippen molar-refractivity contribution in [3.8, 4) is 5.75 Å². The van der Waals surface area contributed by atoms with Gasteiger partial charge in [-0.2, -0.15) is 0 Å². The first-order chi connectivity index (χ1) is 7.88. The average Bonchev–Trinajstić information content (AvgIpc) is 2.34. The summed E-state index contributed by atoms with van der Waals surface area (Å²) in [4.78, 5) is 3.98. The quantitative estimate of drug-likeness (QED) is 0.657. The SMILES string of the molecule is COCCOCCOc1ccncc1CN. The molecule has 1 heterocycles. The number of nitrogens with zero attached hydrogens (tertiary/aromatic N) is 1. The maximum absolute atomic E-state index is 5.55. The average molecular weight is 226 g/mol. The molecule has 5 nitrogen and oxygen atoms in total. The summed E-state index contributed by atoms with van der Waals surface area (Å²) in [6.07, 6.45) is 3.39. The molecule has 5 heteroatoms. The fraction of sp³-hybridized carbons (Fsp3) is 0.545. The molecular weight excluding hydrogens is 208 g/mol. The Morgan fingerprint density at radius 2 is 2.06 bits per heavy atom. The van der Waals surface area contributed by atoms with Crippen LogP contribution in [0.15, 0.2) is 18.5 Å². The largest absolute Gasteiger partial charge is 0.491 e. The molecule has 1 aromatic rings. The van der Waals surface area contributed by atoms with Crippen LogP contribution in [0.2, 0.25) is 0 Å². The summed E-state index contributed by atoms with van der Waals surface area (Å²) in [6.45, 7) is 2.65. The van der Waals surface area contributed by atoms with Crippen molar-refractivity contribution in [2.75, 3.05) is 33.5 Å². The number of rotatable bonds is 8. The minimum atomic E-state index is 0.424. The molecule has 0 radical (unpaired) electrons. The van der Waals surface area contributed by atoms with Gasteiger partial charge in [-0.15, -0.1) is 0 Å². The first-order valence-electron chi connectivity index (χ1n) is 5.21. The second kappa shape index (κ2) is 8.04. The zero-order valence-corrected chi connectivity index (χ0v) is 9.52. The van der Waals surface area contributed by atoms with Crippen molar-refractivity contribution in [1.82, 2.24) is 4.98 Å². The van der Waals surface area contributed by atoms with Gasteiger partial charge in [0.1, 0.15) is 12.4 Å². The van der Waals surface area contributed by atoms with Gasteiger partial charge in [-0.1, -0.05) is 0 Å². The van der Waals surface area contributed by atoms with Gasteiger partial charge in [0.05, 0.1) is 19.8 Å². The predicted octanol–water partition coefficient (Wildman–Crippen LogP) is 0.582. The molecule has 0 aromatic carbocycles. The smallest absolute Gasteiger partial charge is 0.126 e. The van der Waals surface area contributed by atoms with Gasteiger partial charge >= 0.3 is 0 Å². The molecule has 0 unspecified atom stereocenters. The number of hydrogen-bond donors (Lipinski definition) is 1. The predicted molar refractivity (Wildman–Crippen MR) is 60.3 cm³/mol. The molecule has 0 amide bonds. The van der Waals surface area contributed by atoms with Crippen LogP contribution in [-0.4, -0.2) is 38.5 Å². The van der Waals surface area contributed by atoms with Crippen LogP contribution < -0.4 is 10.5 Å². The summed E-state index contributed by atoms with van der Waals surface area (Å²) in [5.74, 6) is 0.771. The summed E-state index contributed by atoms with van der Waals surface area (Å²) in [7, 11) is 1.64. The van der Waals surface area contributed by atoms with Crippen molar-refractivity contribution in [3.63, 3.8) is 0 Å². The van der Waals surface area contributed by atoms with Crippen LogP contribution in [0.3, 0.4) is 0 Å². The van der Waals surface area contributed by atoms with Crippen molar-refractivity contribution >= 4 is 0 Å². The van der Waals surface area contributed by atoms with Crippen molar-refractivity contribution < 1.29 is 14.2 Å². The van der Waals surface area contributed by atoms with E-state index in [1.54, 1.807) is 25.6 Å². The molecule has 0 aliphatic carbocycles. The second-order valence-corrected chi connectivity index (χ2v) is 3.14. The molecule has 1 aromatic heterocycles. The third-order valence-electron chi connectivity index (χ3n) is 2.00. The Balaban J connectivity index is 2.21. The Labute approximate surface area is 95.5 Å². The molecule has 0 saturated carbocycles. The molecule has 16 heavy (non-hydrogen) atoms. The van der Waals surface area contributed by atoms with Gasteiger partial charge in [0.2, 0.25) is 0 Å². The van der Waals surface area contributed by atoms with Crippen LogP contribution >= 0.6 is 0 Å². The van der Waals surface area contributed by atoms with E-state index < -0.39 is 0 Å². The number of aromatic nitrogens is 1. The first kappa shape index (κ1) is 12.9. The highest BCUT2D eigenvalue weighted by Gasteiger charge is 2.00. The fourth-order valence-electron chi connectivity index (χ4n) is 1.16. The zero-order valence-electron chi connectivity index (χ0n) is 9.52. The summed E-state index contributed by atoms with van der Waals surface area (Å²) >= 11 is 0. The van der Waals surface area contributed by atoms with Gasteiger partial charge < -0.3 is 19.9 Å². The highest BCUT2D eigenvalue weighted by molar-refractivity contribution is 5.29. The van der Waals surface area contributed by atoms with Crippen LogP contribution in [0.4, 0.5) is 0 Å². The molecule has 0 saturated heterocycles. The normalized spacial score (nSPS) is 10.4. The monoisotopic (exact) mass is 226 g/mol. The lowest BCUT2D eigenvalue weighted by atomic mass is 10.2. The van der Waals surface area contributed by atoms with E-state index in [1.807, 2.05) is 0 Å². The molecular formula is C11H18N2O3. The molecule has 0 aliphatic rings. The lowest BCUT2D eigenvalue weighted by Crippen LogP contribution is -2.11. The van der Waals surface area contributed by atoms with E-state index in [0.29, 0.717) is 33.0 Å². The molecule has 2 N–H and O–H groups in total. The third-order valence-corrected chi connectivity index (χ3v) is 2.00. The van der Waals surface area contributed by atoms with Crippen molar-refractivity contribution in [1.29, 1.82) is 0 Å². The molecule has 0 aliphatic heterocycles. The van der Waals surface area contributed by atoms with Gasteiger partial charge in [0.25, 0.3) is 0 Å². The Bertz CT molecular complexity index is 294. The minimum absolute atomic E-state index is 0.424. The van der Waals surface area contributed by atoms with Gasteiger partial charge in [-0.05, 0) is 6.07 Å². The Hall–Kier alpha value is -1.17. The molecule has 1 rings (SSSR count). The Morgan fingerprint density at radius 1 is 1.25 bits per heavy atom. The van der Waals surface area contributed by atoms with Crippen LogP contribution in [0.1, 0.15) is 5.56 Å². The summed E-state index contributed by atoms with van der Waals surface area (Å²) in [5, 5.41) is 0. The van der Waals surface area contributed by atoms with Crippen LogP contribution in [0.25, 0.3) is 0 Å². The number of methoxy groups -OCH3 is 1. The zero-order chi connectivity index (χ0) is 11.6. The third kappa shape index (κ3) is 4.57. The minimum Gasteiger partial charge on any atom is -0.491 e. The fourth-order valence-corrected chi connectivity index (χ4v) is 1.16. The number of pyridine rings is 1. The van der Waals surface area contributed by atoms with E-state index in [0.717, 1.165) is 11.3 Å². The van der Waals surface area contributed by atoms with E-state index in [4.69, 9.17) is 19.9 Å². The van der Waals surface area contributed by atoms with Gasteiger partial charge in [-0.3, -0.25) is 4.98 Å². The molecule has 90 valence electrons. The Kier molecular flexibility index (Phi) is 6.48.